The normalized spacial score (nSPS) is 19.6. The van der Waals surface area contributed by atoms with Crippen LogP contribution in [-0.2, 0) is 15.9 Å². The first-order chi connectivity index (χ1) is 9.61. The first-order valence-corrected chi connectivity index (χ1v) is 6.74. The van der Waals surface area contributed by atoms with E-state index in [1.807, 2.05) is 0 Å². The van der Waals surface area contributed by atoms with Crippen molar-refractivity contribution in [1.82, 2.24) is 0 Å². The van der Waals surface area contributed by atoms with Gasteiger partial charge in [0.15, 0.2) is 11.6 Å². The molecule has 0 radical (unpaired) electrons. The number of hydrogen-bond donors (Lipinski definition) is 1. The van der Waals surface area contributed by atoms with Crippen LogP contribution in [0.5, 0.6) is 5.75 Å². The van der Waals surface area contributed by atoms with E-state index in [9.17, 15) is 9.50 Å². The number of hydrogen-bond acceptors (Lipinski definition) is 4. The summed E-state index contributed by atoms with van der Waals surface area (Å²) in [6.07, 6.45) is 0.936. The largest absolute Gasteiger partial charge is 0.494 e. The van der Waals surface area contributed by atoms with Crippen LogP contribution in [0.3, 0.4) is 0 Å². The van der Waals surface area contributed by atoms with Crippen molar-refractivity contribution < 1.29 is 23.7 Å². The lowest BCUT2D eigenvalue weighted by Crippen LogP contribution is -2.49. The summed E-state index contributed by atoms with van der Waals surface area (Å²) >= 11 is 0. The molecule has 0 saturated carbocycles. The van der Waals surface area contributed by atoms with Gasteiger partial charge in [0.1, 0.15) is 0 Å². The Labute approximate surface area is 118 Å². The van der Waals surface area contributed by atoms with Crippen LogP contribution < -0.4 is 4.74 Å². The number of aliphatic hydroxyl groups is 1. The third-order valence-corrected chi connectivity index (χ3v) is 4.00. The van der Waals surface area contributed by atoms with Gasteiger partial charge in [-0.1, -0.05) is 6.07 Å². The molecule has 0 amide bonds. The van der Waals surface area contributed by atoms with Crippen LogP contribution in [0.4, 0.5) is 4.39 Å². The van der Waals surface area contributed by atoms with Gasteiger partial charge in [0.05, 0.1) is 18.8 Å². The minimum absolute atomic E-state index is 0.204. The van der Waals surface area contributed by atoms with Crippen molar-refractivity contribution in [3.8, 4) is 5.75 Å². The SMILES string of the molecule is COc1ccc(CC(O)C2(OC)CCOCC2)cc1F. The molecular formula is C15H21FO4. The van der Waals surface area contributed by atoms with E-state index in [0.29, 0.717) is 32.5 Å². The summed E-state index contributed by atoms with van der Waals surface area (Å²) in [4.78, 5) is 0. The molecule has 0 aliphatic carbocycles. The van der Waals surface area contributed by atoms with E-state index >= 15 is 0 Å². The van der Waals surface area contributed by atoms with Crippen molar-refractivity contribution in [2.75, 3.05) is 27.4 Å². The third kappa shape index (κ3) is 3.11. The summed E-state index contributed by atoms with van der Waals surface area (Å²) in [6, 6.07) is 4.72. The van der Waals surface area contributed by atoms with E-state index in [2.05, 4.69) is 0 Å². The molecule has 1 aliphatic heterocycles. The predicted molar refractivity (Wildman–Crippen MR) is 72.5 cm³/mol. The second-order valence-electron chi connectivity index (χ2n) is 5.07. The highest BCUT2D eigenvalue weighted by atomic mass is 19.1. The van der Waals surface area contributed by atoms with E-state index in [0.717, 1.165) is 5.56 Å². The first-order valence-electron chi connectivity index (χ1n) is 6.74. The van der Waals surface area contributed by atoms with Crippen LogP contribution in [0.2, 0.25) is 0 Å². The van der Waals surface area contributed by atoms with Gasteiger partial charge in [0, 0.05) is 39.6 Å². The Morgan fingerprint density at radius 2 is 2.05 bits per heavy atom. The predicted octanol–water partition coefficient (Wildman–Crippen LogP) is 1.93. The fourth-order valence-electron chi connectivity index (χ4n) is 2.64. The number of methoxy groups -OCH3 is 2. The quantitative estimate of drug-likeness (QED) is 0.897. The van der Waals surface area contributed by atoms with Crippen molar-refractivity contribution >= 4 is 0 Å². The van der Waals surface area contributed by atoms with Gasteiger partial charge in [-0.25, -0.2) is 4.39 Å². The molecule has 1 aromatic carbocycles. The zero-order valence-corrected chi connectivity index (χ0v) is 11.9. The van der Waals surface area contributed by atoms with Crippen LogP contribution in [0.25, 0.3) is 0 Å². The summed E-state index contributed by atoms with van der Waals surface area (Å²) in [7, 11) is 3.03. The molecule has 112 valence electrons. The molecule has 1 unspecified atom stereocenters. The summed E-state index contributed by atoms with van der Waals surface area (Å²) in [5.41, 5.74) is 0.119. The summed E-state index contributed by atoms with van der Waals surface area (Å²) in [5, 5.41) is 10.5. The van der Waals surface area contributed by atoms with Gasteiger partial charge in [0.25, 0.3) is 0 Å². The minimum atomic E-state index is -0.691. The molecule has 1 atom stereocenters. The molecule has 20 heavy (non-hydrogen) atoms. The highest BCUT2D eigenvalue weighted by Crippen LogP contribution is 2.30. The van der Waals surface area contributed by atoms with Crippen LogP contribution in [-0.4, -0.2) is 44.2 Å². The number of rotatable bonds is 5. The van der Waals surface area contributed by atoms with E-state index in [1.165, 1.54) is 13.2 Å². The van der Waals surface area contributed by atoms with Crippen molar-refractivity contribution in [1.29, 1.82) is 0 Å². The molecule has 1 saturated heterocycles. The molecule has 1 aliphatic rings. The third-order valence-electron chi connectivity index (χ3n) is 4.00. The van der Waals surface area contributed by atoms with Crippen LogP contribution in [0, 0.1) is 5.82 Å². The van der Waals surface area contributed by atoms with Gasteiger partial charge in [-0.15, -0.1) is 0 Å². The van der Waals surface area contributed by atoms with Crippen LogP contribution in [0.15, 0.2) is 18.2 Å². The summed E-state index contributed by atoms with van der Waals surface area (Å²) in [5.74, 6) is -0.216. The highest BCUT2D eigenvalue weighted by molar-refractivity contribution is 5.29. The van der Waals surface area contributed by atoms with Gasteiger partial charge >= 0.3 is 0 Å². The Morgan fingerprint density at radius 1 is 1.35 bits per heavy atom. The van der Waals surface area contributed by atoms with Crippen molar-refractivity contribution in [2.24, 2.45) is 0 Å². The van der Waals surface area contributed by atoms with Crippen molar-refractivity contribution in [3.63, 3.8) is 0 Å². The maximum Gasteiger partial charge on any atom is 0.165 e. The smallest absolute Gasteiger partial charge is 0.165 e. The molecule has 1 N–H and O–H groups in total. The Kier molecular flexibility index (Phi) is 4.96. The Balaban J connectivity index is 2.09. The summed E-state index contributed by atoms with van der Waals surface area (Å²) < 4.78 is 29.4. The van der Waals surface area contributed by atoms with E-state index in [4.69, 9.17) is 14.2 Å². The Bertz CT molecular complexity index is 443. The lowest BCUT2D eigenvalue weighted by molar-refractivity contribution is -0.151. The standard InChI is InChI=1S/C15H21FO4/c1-18-13-4-3-11(9-12(13)16)10-14(17)15(19-2)5-7-20-8-6-15/h3-4,9,14,17H,5-8,10H2,1-2H3. The van der Waals surface area contributed by atoms with E-state index in [-0.39, 0.29) is 5.75 Å². The maximum absolute atomic E-state index is 13.7. The molecule has 1 heterocycles. The zero-order valence-electron chi connectivity index (χ0n) is 11.9. The van der Waals surface area contributed by atoms with Gasteiger partial charge in [0.2, 0.25) is 0 Å². The van der Waals surface area contributed by atoms with Gasteiger partial charge < -0.3 is 19.3 Å². The Hall–Kier alpha value is -1.17. The van der Waals surface area contributed by atoms with Crippen LogP contribution >= 0.6 is 0 Å². The minimum Gasteiger partial charge on any atom is -0.494 e. The molecule has 0 aromatic heterocycles. The fourth-order valence-corrected chi connectivity index (χ4v) is 2.64. The number of ether oxygens (including phenoxy) is 3. The molecule has 1 aromatic rings. The topological polar surface area (TPSA) is 47.9 Å². The molecule has 2 rings (SSSR count). The fraction of sp³-hybridized carbons (Fsp3) is 0.600. The van der Waals surface area contributed by atoms with Crippen LogP contribution in [0.1, 0.15) is 18.4 Å². The van der Waals surface area contributed by atoms with Crippen molar-refractivity contribution in [2.45, 2.75) is 31.0 Å². The van der Waals surface area contributed by atoms with Crippen molar-refractivity contribution in [3.05, 3.63) is 29.6 Å². The average molecular weight is 284 g/mol. The lowest BCUT2D eigenvalue weighted by atomic mass is 9.84. The summed E-state index contributed by atoms with van der Waals surface area (Å²) in [6.45, 7) is 1.14. The number of halogens is 1. The molecule has 4 nitrogen and oxygen atoms in total. The molecule has 1 fully saturated rings. The number of benzene rings is 1. The Morgan fingerprint density at radius 3 is 2.60 bits per heavy atom. The molecule has 0 spiro atoms. The van der Waals surface area contributed by atoms with Gasteiger partial charge in [-0.3, -0.25) is 0 Å². The van der Waals surface area contributed by atoms with Gasteiger partial charge in [-0.05, 0) is 17.7 Å². The lowest BCUT2D eigenvalue weighted by Gasteiger charge is -2.39. The molecular weight excluding hydrogens is 263 g/mol. The van der Waals surface area contributed by atoms with E-state index in [1.54, 1.807) is 19.2 Å². The van der Waals surface area contributed by atoms with Gasteiger partial charge in [-0.2, -0.15) is 0 Å². The second kappa shape index (κ2) is 6.52. The zero-order chi connectivity index (χ0) is 14.6. The highest BCUT2D eigenvalue weighted by Gasteiger charge is 2.39. The first kappa shape index (κ1) is 15.2. The average Bonchev–Trinajstić information content (AvgIpc) is 2.48. The number of aliphatic hydroxyl groups excluding tert-OH is 1. The molecule has 0 bridgehead atoms. The maximum atomic E-state index is 13.7. The second-order valence-corrected chi connectivity index (χ2v) is 5.07. The monoisotopic (exact) mass is 284 g/mol. The molecule has 5 heteroatoms. The van der Waals surface area contributed by atoms with E-state index < -0.39 is 17.5 Å².